The lowest BCUT2D eigenvalue weighted by Gasteiger charge is -2.39. The van der Waals surface area contributed by atoms with Crippen molar-refractivity contribution in [2.45, 2.75) is 253 Å². The fourth-order valence-corrected chi connectivity index (χ4v) is 14.0. The smallest absolute Gasteiger partial charge is 0.186 e. The number of hydrogen-bond acceptors (Lipinski definition) is 28. The Morgan fingerprint density at radius 1 is 0.269 bits per heavy atom. The molecule has 104 heavy (non-hydrogen) atoms. The van der Waals surface area contributed by atoms with Gasteiger partial charge in [0.15, 0.2) is 25.2 Å². The number of aliphatic hydroxyl groups is 16. The molecule has 4 heterocycles. The maximum absolute atomic E-state index is 10.9. The van der Waals surface area contributed by atoms with Gasteiger partial charge in [0.25, 0.3) is 0 Å². The van der Waals surface area contributed by atoms with Crippen molar-refractivity contribution in [3.63, 3.8) is 0 Å². The van der Waals surface area contributed by atoms with Gasteiger partial charge in [-0.25, -0.2) is 0 Å². The van der Waals surface area contributed by atoms with Crippen LogP contribution >= 0.6 is 0 Å². The minimum absolute atomic E-state index is 0.0458. The molecule has 28 nitrogen and oxygen atoms in total. The van der Waals surface area contributed by atoms with Gasteiger partial charge in [-0.2, -0.15) is 0 Å². The van der Waals surface area contributed by atoms with Crippen molar-refractivity contribution in [3.8, 4) is 23.0 Å². The van der Waals surface area contributed by atoms with Crippen molar-refractivity contribution in [1.29, 1.82) is 0 Å². The monoisotopic (exact) mass is 1470 g/mol. The summed E-state index contributed by atoms with van der Waals surface area (Å²) in [6, 6.07) is 16.9. The van der Waals surface area contributed by atoms with Gasteiger partial charge in [0.05, 0.1) is 79.3 Å². The minimum atomic E-state index is -1.63. The Morgan fingerprint density at radius 3 is 0.615 bits per heavy atom. The Balaban J connectivity index is 1.19. The van der Waals surface area contributed by atoms with E-state index in [1.807, 2.05) is 27.7 Å². The quantitative estimate of drug-likeness (QED) is 0.0243. The molecule has 8 bridgehead atoms. The van der Waals surface area contributed by atoms with E-state index in [-0.39, 0.29) is 52.1 Å². The zero-order valence-corrected chi connectivity index (χ0v) is 60.0. The van der Waals surface area contributed by atoms with Crippen molar-refractivity contribution < 1.29 is 139 Å². The van der Waals surface area contributed by atoms with Crippen LogP contribution in [0.5, 0.6) is 23.0 Å². The molecule has 16 N–H and O–H groups in total. The summed E-state index contributed by atoms with van der Waals surface area (Å²) in [4.78, 5) is 0. The Hall–Kier alpha value is -4.88. The van der Waals surface area contributed by atoms with Crippen LogP contribution in [0.1, 0.15) is 146 Å². The summed E-state index contributed by atoms with van der Waals surface area (Å²) < 4.78 is 74.9. The topological polar surface area (TPSA) is 434 Å². The second-order valence-electron chi connectivity index (χ2n) is 27.8. The van der Waals surface area contributed by atoms with E-state index in [4.69, 9.17) is 56.8 Å². The van der Waals surface area contributed by atoms with Gasteiger partial charge in [0.2, 0.25) is 0 Å². The molecule has 5 aliphatic rings. The van der Waals surface area contributed by atoms with Crippen LogP contribution < -0.4 is 18.9 Å². The Morgan fingerprint density at radius 2 is 0.452 bits per heavy atom. The molecule has 584 valence electrons. The lowest BCUT2D eigenvalue weighted by Crippen LogP contribution is -2.59. The Labute approximate surface area is 607 Å². The first kappa shape index (κ1) is 83.2. The van der Waals surface area contributed by atoms with Gasteiger partial charge < -0.3 is 139 Å². The molecule has 4 saturated heterocycles. The second kappa shape index (κ2) is 40.5. The molecule has 0 amide bonds. The minimum Gasteiger partial charge on any atom is -0.493 e. The summed E-state index contributed by atoms with van der Waals surface area (Å²) in [6.07, 6.45) is -22.1. The molecule has 4 aromatic carbocycles. The molecule has 4 aromatic rings. The third-order valence-electron chi connectivity index (χ3n) is 19.5. The van der Waals surface area contributed by atoms with Crippen LogP contribution in [-0.2, 0) is 89.3 Å². The maximum atomic E-state index is 10.9. The highest BCUT2D eigenvalue weighted by Crippen LogP contribution is 2.42. The SMILES string of the molecule is CCCOc1c2cc(CCCO[C@H]3O[C@H](CO)[C@@H](O)[C@H](O)[C@@H]3O)cc1Cc1cc(CCCO[C@H]3O[C@H](CO)[C@@H](O)[C@H](O)[C@@H]3O)cc(c1OCCC)Cc1cc(CCCO[C@H]3O[C@H](CO)[C@@H](O)[C@H](O)[C@@H]3O)cc(c1OCCC)Cc1cc(CCCO[C@H]3O[C@H](CO)[C@@H](O)[C@H](O)[C@@H]3O)cc(c1OCCC)C2. The van der Waals surface area contributed by atoms with Gasteiger partial charge in [-0.3, -0.25) is 0 Å². The van der Waals surface area contributed by atoms with E-state index >= 15 is 0 Å². The Kier molecular flexibility index (Phi) is 32.4. The molecule has 0 aromatic heterocycles. The highest BCUT2D eigenvalue weighted by atomic mass is 16.7. The van der Waals surface area contributed by atoms with Crippen LogP contribution in [0.3, 0.4) is 0 Å². The summed E-state index contributed by atoms with van der Waals surface area (Å²) in [5.74, 6) is 2.57. The van der Waals surface area contributed by atoms with Crippen molar-refractivity contribution >= 4 is 0 Å². The average Bonchev–Trinajstić information content (AvgIpc) is 0.769. The number of rotatable bonds is 36. The number of aliphatic hydroxyl groups excluding tert-OH is 16. The summed E-state index contributed by atoms with van der Waals surface area (Å²) in [5, 5.41) is 168. The molecule has 0 unspecified atom stereocenters. The molecule has 28 heteroatoms. The number of aryl methyl sites for hydroxylation is 4. The standard InChI is InChI=1S/C76H112O28/c1-5-17-93-69-45-25-41(13-9-21-97-73-65(89)61(85)57(81)53(37-77)101-73)26-46(69)34-48-28-43(15-11-23-99-75-67(91)63(87)59(83)55(39-79)103-75)30-50(71(48)95-19-7-3)36-52-32-44(16-12-24-100-76-68(92)64(88)60(84)56(40-80)104-76)31-51(72(52)96-20-8-4)35-49-29-42(27-47(33-45)70(49)94-18-6-2)14-10-22-98-74-66(90)62(86)58(82)54(38-78)102-74/h25-32,53-68,73-92H,5-24,33-40H2,1-4H3/t53-,54-,55-,56-,57-,58-,59-,60-,61+,62+,63+,64+,65+,66+,67+,68+,73+,74+,75+,76+/m1/s1. The molecule has 0 spiro atoms. The molecule has 4 fully saturated rings. The van der Waals surface area contributed by atoms with Gasteiger partial charge in [-0.15, -0.1) is 0 Å². The lowest BCUT2D eigenvalue weighted by atomic mass is 9.87. The van der Waals surface area contributed by atoms with E-state index < -0.39 is 149 Å². The highest BCUT2D eigenvalue weighted by molar-refractivity contribution is 5.59. The van der Waals surface area contributed by atoms with Crippen LogP contribution in [0.15, 0.2) is 48.5 Å². The zero-order chi connectivity index (χ0) is 74.7. The number of ether oxygens (including phenoxy) is 12. The van der Waals surface area contributed by atoms with E-state index in [1.165, 1.54) is 0 Å². The zero-order valence-electron chi connectivity index (χ0n) is 60.0. The normalized spacial score (nSPS) is 30.1. The molecule has 9 rings (SSSR count). The van der Waals surface area contributed by atoms with Gasteiger partial charge in [0.1, 0.15) is 121 Å². The molecule has 4 aliphatic heterocycles. The van der Waals surface area contributed by atoms with Crippen LogP contribution in [0.2, 0.25) is 0 Å². The molecule has 0 saturated carbocycles. The van der Waals surface area contributed by atoms with Crippen molar-refractivity contribution in [2.24, 2.45) is 0 Å². The summed E-state index contributed by atoms with van der Waals surface area (Å²) in [6.45, 7) is 7.22. The molecule has 1 aliphatic carbocycles. The van der Waals surface area contributed by atoms with E-state index in [9.17, 15) is 81.7 Å². The second-order valence-corrected chi connectivity index (χ2v) is 27.8. The van der Waals surface area contributed by atoms with Gasteiger partial charge in [0, 0.05) is 25.7 Å². The van der Waals surface area contributed by atoms with Gasteiger partial charge >= 0.3 is 0 Å². The molecule has 0 radical (unpaired) electrons. The van der Waals surface area contributed by atoms with Crippen LogP contribution in [-0.4, -0.2) is 284 Å². The predicted molar refractivity (Wildman–Crippen MR) is 372 cm³/mol. The summed E-state index contributed by atoms with van der Waals surface area (Å²) in [7, 11) is 0. The number of fused-ring (bicyclic) bond motifs is 8. The van der Waals surface area contributed by atoms with Crippen molar-refractivity contribution in [3.05, 3.63) is 115 Å². The van der Waals surface area contributed by atoms with E-state index in [2.05, 4.69) is 48.5 Å². The van der Waals surface area contributed by atoms with Crippen LogP contribution in [0.4, 0.5) is 0 Å². The lowest BCUT2D eigenvalue weighted by molar-refractivity contribution is -0.301. The first-order valence-corrected chi connectivity index (χ1v) is 37.0. The van der Waals surface area contributed by atoms with Gasteiger partial charge in [-0.05, 0) is 144 Å². The van der Waals surface area contributed by atoms with Crippen LogP contribution in [0.25, 0.3) is 0 Å². The van der Waals surface area contributed by atoms with Crippen molar-refractivity contribution in [1.82, 2.24) is 0 Å². The fraction of sp³-hybridized carbons (Fsp3) is 0.684. The van der Waals surface area contributed by atoms with E-state index in [0.29, 0.717) is 126 Å². The molecule has 20 atom stereocenters. The largest absolute Gasteiger partial charge is 0.493 e. The summed E-state index contributed by atoms with van der Waals surface area (Å²) >= 11 is 0. The average molecular weight is 1470 g/mol. The van der Waals surface area contributed by atoms with Crippen molar-refractivity contribution in [2.75, 3.05) is 79.3 Å². The predicted octanol–water partition coefficient (Wildman–Crippen LogP) is 0.515. The first-order chi connectivity index (χ1) is 50.2. The Bertz CT molecular complexity index is 2740. The van der Waals surface area contributed by atoms with Crippen LogP contribution in [0, 0.1) is 0 Å². The number of hydrogen-bond donors (Lipinski definition) is 16. The highest BCUT2D eigenvalue weighted by Gasteiger charge is 2.48. The first-order valence-electron chi connectivity index (χ1n) is 37.0. The fourth-order valence-electron chi connectivity index (χ4n) is 14.0. The number of benzene rings is 4. The van der Waals surface area contributed by atoms with Gasteiger partial charge in [-0.1, -0.05) is 76.2 Å². The molecular formula is C76H112O28. The maximum Gasteiger partial charge on any atom is 0.186 e. The molecular weight excluding hydrogens is 1360 g/mol. The summed E-state index contributed by atoms with van der Waals surface area (Å²) in [5.41, 5.74) is 10.2. The van der Waals surface area contributed by atoms with E-state index in [1.54, 1.807) is 0 Å². The third-order valence-corrected chi connectivity index (χ3v) is 19.5. The third kappa shape index (κ3) is 20.9. The van der Waals surface area contributed by atoms with E-state index in [0.717, 1.165) is 66.8 Å².